The van der Waals surface area contributed by atoms with Crippen molar-refractivity contribution in [2.24, 2.45) is 0 Å². The van der Waals surface area contributed by atoms with E-state index in [4.69, 9.17) is 4.74 Å². The van der Waals surface area contributed by atoms with Gasteiger partial charge in [0.2, 0.25) is 0 Å². The first-order valence-corrected chi connectivity index (χ1v) is 8.90. The van der Waals surface area contributed by atoms with Crippen LogP contribution in [0.3, 0.4) is 0 Å². The first-order chi connectivity index (χ1) is 12.7. The Morgan fingerprint density at radius 1 is 1.27 bits per heavy atom. The standard InChI is InChI=1S/C20H24N4O2/c1-4-22(5-2)20(25)23-11-12-24-17(14-21-19(24)15-23)10-9-16-7-6-8-18(13-16)26-3/h6-8,13-14H,4-5,11-12,15H2,1-3H3. The number of nitrogens with zero attached hydrogens (tertiary/aromatic N) is 4. The number of amides is 2. The van der Waals surface area contributed by atoms with Crippen molar-refractivity contribution in [3.63, 3.8) is 0 Å². The number of urea groups is 1. The summed E-state index contributed by atoms with van der Waals surface area (Å²) >= 11 is 0. The van der Waals surface area contributed by atoms with Crippen molar-refractivity contribution < 1.29 is 9.53 Å². The van der Waals surface area contributed by atoms with E-state index in [2.05, 4.69) is 21.4 Å². The van der Waals surface area contributed by atoms with Crippen LogP contribution in [0.5, 0.6) is 5.75 Å². The summed E-state index contributed by atoms with van der Waals surface area (Å²) in [7, 11) is 1.64. The second-order valence-corrected chi connectivity index (χ2v) is 6.07. The van der Waals surface area contributed by atoms with Gasteiger partial charge in [-0.25, -0.2) is 9.78 Å². The van der Waals surface area contributed by atoms with Crippen molar-refractivity contribution in [3.8, 4) is 17.6 Å². The SMILES string of the molecule is CCN(CC)C(=O)N1CCn2c(C#Cc3cccc(OC)c3)cnc2C1. The molecule has 0 radical (unpaired) electrons. The van der Waals surface area contributed by atoms with E-state index in [9.17, 15) is 4.79 Å². The molecule has 6 nitrogen and oxygen atoms in total. The number of fused-ring (bicyclic) bond motifs is 1. The van der Waals surface area contributed by atoms with Gasteiger partial charge in [0.15, 0.2) is 0 Å². The number of carbonyl (C=O) groups excluding carboxylic acids is 1. The molecule has 2 heterocycles. The smallest absolute Gasteiger partial charge is 0.320 e. The molecule has 1 aliphatic rings. The molecule has 6 heteroatoms. The first kappa shape index (κ1) is 17.9. The highest BCUT2D eigenvalue weighted by molar-refractivity contribution is 5.74. The van der Waals surface area contributed by atoms with Crippen LogP contribution in [0.2, 0.25) is 0 Å². The Balaban J connectivity index is 1.76. The highest BCUT2D eigenvalue weighted by atomic mass is 16.5. The number of carbonyl (C=O) groups is 1. The number of benzene rings is 1. The Bertz CT molecular complexity index is 843. The summed E-state index contributed by atoms with van der Waals surface area (Å²) in [4.78, 5) is 20.7. The van der Waals surface area contributed by atoms with Crippen LogP contribution in [0.15, 0.2) is 30.5 Å². The number of ether oxygens (including phenoxy) is 1. The van der Waals surface area contributed by atoms with E-state index in [1.54, 1.807) is 13.3 Å². The summed E-state index contributed by atoms with van der Waals surface area (Å²) in [6.45, 7) is 7.35. The maximum Gasteiger partial charge on any atom is 0.320 e. The van der Waals surface area contributed by atoms with Crippen molar-refractivity contribution in [2.75, 3.05) is 26.7 Å². The quantitative estimate of drug-likeness (QED) is 0.798. The summed E-state index contributed by atoms with van der Waals surface area (Å²) in [5.41, 5.74) is 1.77. The highest BCUT2D eigenvalue weighted by Gasteiger charge is 2.25. The lowest BCUT2D eigenvalue weighted by Gasteiger charge is -2.32. The average molecular weight is 352 g/mol. The van der Waals surface area contributed by atoms with Gasteiger partial charge in [0.1, 0.15) is 17.3 Å². The van der Waals surface area contributed by atoms with Crippen molar-refractivity contribution in [1.82, 2.24) is 19.4 Å². The summed E-state index contributed by atoms with van der Waals surface area (Å²) < 4.78 is 7.32. The predicted octanol–water partition coefficient (Wildman–Crippen LogP) is 2.57. The van der Waals surface area contributed by atoms with Crippen molar-refractivity contribution in [2.45, 2.75) is 26.9 Å². The Morgan fingerprint density at radius 2 is 2.08 bits per heavy atom. The third-order valence-electron chi connectivity index (χ3n) is 4.57. The van der Waals surface area contributed by atoms with Gasteiger partial charge in [-0.2, -0.15) is 0 Å². The predicted molar refractivity (Wildman–Crippen MR) is 99.9 cm³/mol. The molecule has 0 unspecified atom stereocenters. The zero-order valence-electron chi connectivity index (χ0n) is 15.5. The minimum Gasteiger partial charge on any atom is -0.497 e. The zero-order chi connectivity index (χ0) is 18.5. The second kappa shape index (κ2) is 7.96. The van der Waals surface area contributed by atoms with Crippen molar-refractivity contribution in [1.29, 1.82) is 0 Å². The molecule has 0 saturated heterocycles. The van der Waals surface area contributed by atoms with Crippen LogP contribution < -0.4 is 4.74 Å². The van der Waals surface area contributed by atoms with Crippen LogP contribution in [0.25, 0.3) is 0 Å². The summed E-state index contributed by atoms with van der Waals surface area (Å²) in [6, 6.07) is 7.75. The van der Waals surface area contributed by atoms with E-state index in [-0.39, 0.29) is 6.03 Å². The monoisotopic (exact) mass is 352 g/mol. The summed E-state index contributed by atoms with van der Waals surface area (Å²) in [5.74, 6) is 8.02. The summed E-state index contributed by atoms with van der Waals surface area (Å²) in [5, 5.41) is 0. The fourth-order valence-corrected chi connectivity index (χ4v) is 3.05. The minimum absolute atomic E-state index is 0.0771. The number of hydrogen-bond acceptors (Lipinski definition) is 3. The van der Waals surface area contributed by atoms with Crippen LogP contribution >= 0.6 is 0 Å². The van der Waals surface area contributed by atoms with Crippen LogP contribution in [0, 0.1) is 11.8 Å². The third kappa shape index (κ3) is 3.67. The molecule has 0 bridgehead atoms. The Labute approximate surface area is 154 Å². The minimum atomic E-state index is 0.0771. The van der Waals surface area contributed by atoms with Crippen LogP contribution in [0.1, 0.15) is 30.9 Å². The van der Waals surface area contributed by atoms with Crippen LogP contribution in [-0.2, 0) is 13.1 Å². The van der Waals surface area contributed by atoms with Gasteiger partial charge in [0.25, 0.3) is 0 Å². The molecule has 0 N–H and O–H groups in total. The molecule has 0 aliphatic carbocycles. The van der Waals surface area contributed by atoms with Crippen LogP contribution in [-0.4, -0.2) is 52.1 Å². The van der Waals surface area contributed by atoms with Gasteiger partial charge in [0, 0.05) is 31.7 Å². The van der Waals surface area contributed by atoms with Gasteiger partial charge in [0.05, 0.1) is 19.9 Å². The van der Waals surface area contributed by atoms with Gasteiger partial charge >= 0.3 is 6.03 Å². The van der Waals surface area contributed by atoms with E-state index in [1.165, 1.54) is 0 Å². The lowest BCUT2D eigenvalue weighted by Crippen LogP contribution is -2.46. The number of imidazole rings is 1. The number of methoxy groups -OCH3 is 1. The first-order valence-electron chi connectivity index (χ1n) is 8.90. The molecular weight excluding hydrogens is 328 g/mol. The maximum atomic E-state index is 12.5. The van der Waals surface area contributed by atoms with E-state index in [1.807, 2.05) is 47.9 Å². The van der Waals surface area contributed by atoms with Crippen molar-refractivity contribution in [3.05, 3.63) is 47.5 Å². The molecule has 2 aromatic rings. The average Bonchev–Trinajstić information content (AvgIpc) is 3.09. The van der Waals surface area contributed by atoms with Gasteiger partial charge in [-0.05, 0) is 38.0 Å². The second-order valence-electron chi connectivity index (χ2n) is 6.07. The van der Waals surface area contributed by atoms with Crippen LogP contribution in [0.4, 0.5) is 4.79 Å². The fraction of sp³-hybridized carbons (Fsp3) is 0.400. The Hall–Kier alpha value is -2.94. The maximum absolute atomic E-state index is 12.5. The van der Waals surface area contributed by atoms with Gasteiger partial charge in [-0.1, -0.05) is 12.0 Å². The molecule has 0 spiro atoms. The lowest BCUT2D eigenvalue weighted by molar-refractivity contribution is 0.144. The molecule has 1 aliphatic heterocycles. The molecule has 2 amide bonds. The highest BCUT2D eigenvalue weighted by Crippen LogP contribution is 2.16. The van der Waals surface area contributed by atoms with Gasteiger partial charge in [-0.15, -0.1) is 0 Å². The molecule has 1 aromatic carbocycles. The number of aromatic nitrogens is 2. The van der Waals surface area contributed by atoms with Gasteiger partial charge < -0.3 is 19.1 Å². The Kier molecular flexibility index (Phi) is 5.47. The topological polar surface area (TPSA) is 50.6 Å². The Morgan fingerprint density at radius 3 is 2.81 bits per heavy atom. The number of rotatable bonds is 3. The third-order valence-corrected chi connectivity index (χ3v) is 4.57. The normalized spacial score (nSPS) is 12.8. The fourth-order valence-electron chi connectivity index (χ4n) is 3.05. The van der Waals surface area contributed by atoms with E-state index in [0.717, 1.165) is 35.9 Å². The van der Waals surface area contributed by atoms with Crippen molar-refractivity contribution >= 4 is 6.03 Å². The largest absolute Gasteiger partial charge is 0.497 e. The molecule has 0 fully saturated rings. The molecule has 26 heavy (non-hydrogen) atoms. The zero-order valence-corrected chi connectivity index (χ0v) is 15.5. The van der Waals surface area contributed by atoms with E-state index in [0.29, 0.717) is 19.6 Å². The summed E-state index contributed by atoms with van der Waals surface area (Å²) in [6.07, 6.45) is 1.79. The van der Waals surface area contributed by atoms with E-state index < -0.39 is 0 Å². The van der Waals surface area contributed by atoms with E-state index >= 15 is 0 Å². The molecule has 0 saturated carbocycles. The molecule has 1 aromatic heterocycles. The molecule has 0 atom stereocenters. The molecule has 3 rings (SSSR count). The molecule has 136 valence electrons. The van der Waals surface area contributed by atoms with Gasteiger partial charge in [-0.3, -0.25) is 0 Å². The number of hydrogen-bond donors (Lipinski definition) is 0. The lowest BCUT2D eigenvalue weighted by atomic mass is 10.2. The molecular formula is C20H24N4O2.